The molecule has 40 heavy (non-hydrogen) atoms. The van der Waals surface area contributed by atoms with E-state index in [1.165, 1.54) is 18.2 Å². The van der Waals surface area contributed by atoms with E-state index < -0.39 is 35.1 Å². The Morgan fingerprint density at radius 3 is 2.17 bits per heavy atom. The van der Waals surface area contributed by atoms with Crippen LogP contribution in [0, 0.1) is 0 Å². The summed E-state index contributed by atoms with van der Waals surface area (Å²) in [5.41, 5.74) is 1.11. The van der Waals surface area contributed by atoms with Crippen LogP contribution in [0.3, 0.4) is 0 Å². The number of unbranched alkanes of at least 4 members (excludes halogenated alkanes) is 5. The summed E-state index contributed by atoms with van der Waals surface area (Å²) in [7, 11) is 0. The number of fused-ring (bicyclic) bond motifs is 2. The van der Waals surface area contributed by atoms with Gasteiger partial charge in [-0.25, -0.2) is 0 Å². The molecule has 4 rings (SSSR count). The summed E-state index contributed by atoms with van der Waals surface area (Å²) in [6.07, 6.45) is 5.88. The maximum Gasteiger partial charge on any atom is 0.310 e. The largest absolute Gasteiger partial charge is 0.507 e. The van der Waals surface area contributed by atoms with Crippen molar-refractivity contribution in [3.8, 4) is 11.5 Å². The normalized spacial score (nSPS) is 12.8. The van der Waals surface area contributed by atoms with Gasteiger partial charge in [-0.15, -0.1) is 0 Å². The van der Waals surface area contributed by atoms with Gasteiger partial charge in [0.2, 0.25) is 6.41 Å². The minimum absolute atomic E-state index is 0.0587. The Hall–Kier alpha value is -4.46. The summed E-state index contributed by atoms with van der Waals surface area (Å²) in [6.45, 7) is 2.14. The van der Waals surface area contributed by atoms with Crippen molar-refractivity contribution in [3.63, 3.8) is 0 Å². The quantitative estimate of drug-likeness (QED) is 0.0814. The zero-order valence-corrected chi connectivity index (χ0v) is 22.4. The second-order valence-electron chi connectivity index (χ2n) is 9.96. The van der Waals surface area contributed by atoms with Crippen LogP contribution in [0.5, 0.6) is 11.5 Å². The van der Waals surface area contributed by atoms with Gasteiger partial charge in [0.05, 0.1) is 17.5 Å². The predicted octanol–water partition coefficient (Wildman–Crippen LogP) is 6.02. The van der Waals surface area contributed by atoms with Crippen LogP contribution in [0.15, 0.2) is 54.6 Å². The number of benzene rings is 3. The van der Waals surface area contributed by atoms with E-state index in [1.54, 1.807) is 36.4 Å². The van der Waals surface area contributed by atoms with Crippen LogP contribution in [0.2, 0.25) is 0 Å². The third kappa shape index (κ3) is 6.22. The van der Waals surface area contributed by atoms with Crippen molar-refractivity contribution in [2.75, 3.05) is 5.32 Å². The van der Waals surface area contributed by atoms with E-state index in [4.69, 9.17) is 4.74 Å². The smallest absolute Gasteiger partial charge is 0.310 e. The molecule has 1 aliphatic carbocycles. The lowest BCUT2D eigenvalue weighted by Crippen LogP contribution is -2.22. The van der Waals surface area contributed by atoms with Crippen molar-refractivity contribution in [1.29, 1.82) is 0 Å². The molecular formula is C32H33NO7. The van der Waals surface area contributed by atoms with E-state index in [9.17, 15) is 29.4 Å². The number of hydrogen-bond acceptors (Lipinski definition) is 7. The second kappa shape index (κ2) is 13.1. The number of aromatic hydroxyl groups is 2. The molecule has 0 radical (unpaired) electrons. The van der Waals surface area contributed by atoms with Gasteiger partial charge in [-0.1, -0.05) is 75.4 Å². The number of esters is 1. The Morgan fingerprint density at radius 2 is 1.52 bits per heavy atom. The fraction of sp³-hybridized carbons (Fsp3) is 0.312. The molecule has 8 heteroatoms. The molecule has 1 aliphatic rings. The van der Waals surface area contributed by atoms with Crippen LogP contribution >= 0.6 is 0 Å². The van der Waals surface area contributed by atoms with E-state index in [-0.39, 0.29) is 34.2 Å². The highest BCUT2D eigenvalue weighted by Crippen LogP contribution is 2.43. The lowest BCUT2D eigenvalue weighted by molar-refractivity contribution is -0.149. The first-order chi connectivity index (χ1) is 19.3. The third-order valence-corrected chi connectivity index (χ3v) is 7.15. The number of carbonyl (C=O) groups excluding carboxylic acids is 4. The molecule has 0 fully saturated rings. The van der Waals surface area contributed by atoms with Gasteiger partial charge < -0.3 is 20.3 Å². The van der Waals surface area contributed by atoms with Crippen molar-refractivity contribution < 1.29 is 34.1 Å². The van der Waals surface area contributed by atoms with Gasteiger partial charge in [-0.05, 0) is 36.6 Å². The molecule has 1 atom stereocenters. The van der Waals surface area contributed by atoms with E-state index in [1.807, 2.05) is 0 Å². The van der Waals surface area contributed by atoms with E-state index in [2.05, 4.69) is 12.2 Å². The first kappa shape index (κ1) is 28.5. The maximum absolute atomic E-state index is 13.3. The zero-order chi connectivity index (χ0) is 28.6. The Labute approximate surface area is 233 Å². The monoisotopic (exact) mass is 543 g/mol. The van der Waals surface area contributed by atoms with Crippen LogP contribution in [-0.4, -0.2) is 34.2 Å². The molecule has 0 saturated heterocycles. The number of ether oxygens (including phenoxy) is 1. The highest BCUT2D eigenvalue weighted by Gasteiger charge is 2.37. The fourth-order valence-electron chi connectivity index (χ4n) is 5.07. The molecule has 0 heterocycles. The highest BCUT2D eigenvalue weighted by atomic mass is 16.5. The molecular weight excluding hydrogens is 510 g/mol. The van der Waals surface area contributed by atoms with Gasteiger partial charge in [0.1, 0.15) is 17.6 Å². The Kier molecular flexibility index (Phi) is 9.32. The highest BCUT2D eigenvalue weighted by molar-refractivity contribution is 6.30. The number of anilines is 1. The number of nitrogens with one attached hydrogen (secondary N) is 1. The molecule has 1 amide bonds. The number of phenols is 2. The number of amides is 1. The minimum Gasteiger partial charge on any atom is -0.507 e. The standard InChI is InChI=1S/C32H33NO7/c1-2-3-4-5-6-7-12-26(40-27(36)17-20-13-15-21(16-14-20)33-19-34)24-18-25(35)28-29(32(24)39)31(38)23-11-9-8-10-22(23)30(28)37/h8-11,13-16,18-19,26,35,39H,2-7,12,17H2,1H3,(H,33,34). The summed E-state index contributed by atoms with van der Waals surface area (Å²) in [5, 5.41) is 24.7. The van der Waals surface area contributed by atoms with E-state index >= 15 is 0 Å². The number of carbonyl (C=O) groups is 4. The van der Waals surface area contributed by atoms with E-state index in [0.717, 1.165) is 32.1 Å². The summed E-state index contributed by atoms with van der Waals surface area (Å²) < 4.78 is 5.83. The Balaban J connectivity index is 1.61. The lowest BCUT2D eigenvalue weighted by Gasteiger charge is -2.24. The summed E-state index contributed by atoms with van der Waals surface area (Å²) >= 11 is 0. The van der Waals surface area contributed by atoms with Crippen LogP contribution in [0.4, 0.5) is 5.69 Å². The molecule has 1 unspecified atom stereocenters. The molecule has 3 aromatic rings. The fourth-order valence-corrected chi connectivity index (χ4v) is 5.07. The average molecular weight is 544 g/mol. The first-order valence-electron chi connectivity index (χ1n) is 13.6. The summed E-state index contributed by atoms with van der Waals surface area (Å²) in [5.74, 6) is -2.60. The van der Waals surface area contributed by atoms with Crippen molar-refractivity contribution in [2.45, 2.75) is 64.4 Å². The van der Waals surface area contributed by atoms with Crippen molar-refractivity contribution in [1.82, 2.24) is 0 Å². The molecule has 8 nitrogen and oxygen atoms in total. The molecule has 0 saturated carbocycles. The zero-order valence-electron chi connectivity index (χ0n) is 22.4. The topological polar surface area (TPSA) is 130 Å². The lowest BCUT2D eigenvalue weighted by atomic mass is 9.81. The second-order valence-corrected chi connectivity index (χ2v) is 9.96. The van der Waals surface area contributed by atoms with Crippen LogP contribution < -0.4 is 5.32 Å². The minimum atomic E-state index is -0.939. The van der Waals surface area contributed by atoms with Crippen LogP contribution in [0.1, 0.15) is 101 Å². The maximum atomic E-state index is 13.3. The van der Waals surface area contributed by atoms with Gasteiger partial charge in [0, 0.05) is 22.4 Å². The number of rotatable bonds is 13. The van der Waals surface area contributed by atoms with Crippen molar-refractivity contribution in [3.05, 3.63) is 88.0 Å². The van der Waals surface area contributed by atoms with Crippen molar-refractivity contribution >= 4 is 29.6 Å². The number of ketones is 2. The summed E-state index contributed by atoms with van der Waals surface area (Å²) in [6, 6.07) is 14.2. The first-order valence-corrected chi connectivity index (χ1v) is 13.6. The molecule has 3 N–H and O–H groups in total. The van der Waals surface area contributed by atoms with Gasteiger partial charge in [0.15, 0.2) is 11.6 Å². The Bertz CT molecular complexity index is 1410. The molecule has 0 bridgehead atoms. The van der Waals surface area contributed by atoms with Gasteiger partial charge in [-0.2, -0.15) is 0 Å². The number of hydrogen-bond donors (Lipinski definition) is 3. The number of phenolic OH excluding ortho intramolecular Hbond substituents is 2. The predicted molar refractivity (Wildman–Crippen MR) is 150 cm³/mol. The van der Waals surface area contributed by atoms with Gasteiger partial charge in [-0.3, -0.25) is 19.2 Å². The van der Waals surface area contributed by atoms with Gasteiger partial charge >= 0.3 is 5.97 Å². The van der Waals surface area contributed by atoms with Crippen LogP contribution in [0.25, 0.3) is 0 Å². The van der Waals surface area contributed by atoms with Gasteiger partial charge in [0.25, 0.3) is 0 Å². The van der Waals surface area contributed by atoms with Crippen LogP contribution in [-0.2, 0) is 20.7 Å². The average Bonchev–Trinajstić information content (AvgIpc) is 2.95. The Morgan fingerprint density at radius 1 is 0.900 bits per heavy atom. The molecule has 0 aromatic heterocycles. The molecule has 0 spiro atoms. The SMILES string of the molecule is CCCCCCCCC(OC(=O)Cc1ccc(NC=O)cc1)c1cc(O)c2c(c1O)C(=O)c1ccccc1C2=O. The molecule has 3 aromatic carbocycles. The summed E-state index contributed by atoms with van der Waals surface area (Å²) in [4.78, 5) is 50.1. The van der Waals surface area contributed by atoms with Crippen molar-refractivity contribution in [2.24, 2.45) is 0 Å². The third-order valence-electron chi connectivity index (χ3n) is 7.15. The molecule has 208 valence electrons. The molecule has 0 aliphatic heterocycles. The van der Waals surface area contributed by atoms with E-state index in [0.29, 0.717) is 30.5 Å².